The Morgan fingerprint density at radius 2 is 1.91 bits per heavy atom. The van der Waals surface area contributed by atoms with E-state index in [1.807, 2.05) is 32.6 Å². The van der Waals surface area contributed by atoms with Crippen molar-refractivity contribution in [3.05, 3.63) is 82.6 Å². The van der Waals surface area contributed by atoms with Gasteiger partial charge in [0, 0.05) is 43.5 Å². The Hall–Kier alpha value is -4.67. The predicted molar refractivity (Wildman–Crippen MR) is 167 cm³/mol. The first-order valence-corrected chi connectivity index (χ1v) is 14.9. The molecule has 1 N–H and O–H groups in total. The fraction of sp³-hybridized carbons (Fsp3) is 0.364. The smallest absolute Gasteiger partial charge is 0.355 e. The fourth-order valence-electron chi connectivity index (χ4n) is 6.36. The van der Waals surface area contributed by atoms with Crippen LogP contribution in [0.25, 0.3) is 28.0 Å². The zero-order valence-electron chi connectivity index (χ0n) is 25.3. The highest BCUT2D eigenvalue weighted by Crippen LogP contribution is 2.37. The molecule has 2 bridgehead atoms. The van der Waals surface area contributed by atoms with Crippen LogP contribution in [-0.4, -0.2) is 62.0 Å². The molecule has 1 amide bonds. The fourth-order valence-corrected chi connectivity index (χ4v) is 6.36. The van der Waals surface area contributed by atoms with Crippen LogP contribution in [0.15, 0.2) is 54.0 Å². The number of hydrogen-bond donors (Lipinski definition) is 1. The van der Waals surface area contributed by atoms with Crippen molar-refractivity contribution in [1.82, 2.24) is 24.4 Å². The van der Waals surface area contributed by atoms with Gasteiger partial charge >= 0.3 is 5.69 Å². The van der Waals surface area contributed by atoms with Crippen molar-refractivity contribution in [3.8, 4) is 16.9 Å². The molecule has 5 heterocycles. The molecular weight excluding hydrogens is 564 g/mol. The summed E-state index contributed by atoms with van der Waals surface area (Å²) in [6, 6.07) is 7.30. The first kappa shape index (κ1) is 29.4. The number of carbonyl (C=O) groups is 1. The number of nitrogens with one attached hydrogen (secondary N) is 1. The van der Waals surface area contributed by atoms with Gasteiger partial charge in [-0.15, -0.1) is 0 Å². The molecule has 0 radical (unpaired) electrons. The van der Waals surface area contributed by atoms with E-state index in [2.05, 4.69) is 21.9 Å². The van der Waals surface area contributed by atoms with Gasteiger partial charge in [0.05, 0.1) is 22.5 Å². The summed E-state index contributed by atoms with van der Waals surface area (Å²) in [5, 5.41) is 3.74. The van der Waals surface area contributed by atoms with Crippen LogP contribution < -0.4 is 15.9 Å². The third-order valence-corrected chi connectivity index (χ3v) is 8.52. The molecule has 1 fully saturated rings. The Kier molecular flexibility index (Phi) is 7.65. The quantitative estimate of drug-likeness (QED) is 0.323. The molecular formula is C33H35F2N7O2. The maximum absolute atomic E-state index is 16.2. The average molecular weight is 600 g/mol. The highest BCUT2D eigenvalue weighted by atomic mass is 19.1. The number of piperazine rings is 1. The summed E-state index contributed by atoms with van der Waals surface area (Å²) < 4.78 is 33.1. The number of hydrogen-bond acceptors (Lipinski definition) is 7. The minimum Gasteiger partial charge on any atom is -0.383 e. The molecule has 1 aromatic carbocycles. The van der Waals surface area contributed by atoms with Gasteiger partial charge in [0.1, 0.15) is 23.1 Å². The van der Waals surface area contributed by atoms with Crippen molar-refractivity contribution in [3.63, 3.8) is 0 Å². The van der Waals surface area contributed by atoms with Crippen molar-refractivity contribution in [1.29, 1.82) is 0 Å². The topological polar surface area (TPSA) is 96.3 Å². The van der Waals surface area contributed by atoms with Crippen LogP contribution in [0, 0.1) is 11.6 Å². The Morgan fingerprint density at radius 1 is 1.11 bits per heavy atom. The van der Waals surface area contributed by atoms with Gasteiger partial charge in [0.15, 0.2) is 5.65 Å². The molecule has 44 heavy (non-hydrogen) atoms. The van der Waals surface area contributed by atoms with E-state index in [-0.39, 0.29) is 46.6 Å². The van der Waals surface area contributed by atoms with E-state index in [1.54, 1.807) is 29.3 Å². The maximum Gasteiger partial charge on any atom is 0.355 e. The SMILES string of the molecule is C=CC(=O)N1C[C@H](C)N(c2nc(=O)n3c4nc(c(F)cc24)-c2c(F)cccc2CCCNc2ccnc(C(C)C)c2-3)C[C@H]1C. The molecule has 0 spiro atoms. The first-order chi connectivity index (χ1) is 21.1. The molecule has 3 aromatic heterocycles. The Bertz CT molecular complexity index is 1850. The van der Waals surface area contributed by atoms with Crippen LogP contribution in [0.5, 0.6) is 0 Å². The minimum atomic E-state index is -0.719. The standard InChI is InChI=1S/C33H35F2N7O2/c1-6-26(43)40-16-20(5)41(17-19(40)4)31-22-15-24(35)29-27-21(9-7-11-23(27)34)10-8-13-36-25-12-14-37-28(18(2)3)30(25)42(32(22)38-29)33(44)39-31/h6-7,9,11-12,14-15,18-20,36H,1,8,10,13,16-17H2,2-5H3/t19-,20+/m1/s1. The largest absolute Gasteiger partial charge is 0.383 e. The van der Waals surface area contributed by atoms with Crippen molar-refractivity contribution >= 4 is 28.4 Å². The molecule has 11 heteroatoms. The maximum atomic E-state index is 16.2. The zero-order valence-corrected chi connectivity index (χ0v) is 25.3. The van der Waals surface area contributed by atoms with Gasteiger partial charge in [-0.05, 0) is 62.4 Å². The van der Waals surface area contributed by atoms with E-state index in [9.17, 15) is 9.59 Å². The lowest BCUT2D eigenvalue weighted by Gasteiger charge is -2.44. The van der Waals surface area contributed by atoms with E-state index >= 15 is 8.78 Å². The molecule has 1 saturated heterocycles. The van der Waals surface area contributed by atoms with E-state index in [4.69, 9.17) is 4.98 Å². The molecule has 0 saturated carbocycles. The average Bonchev–Trinajstić information content (AvgIpc) is 2.99. The number of aryl methyl sites for hydroxylation is 1. The van der Waals surface area contributed by atoms with Gasteiger partial charge in [-0.1, -0.05) is 32.6 Å². The normalized spacial score (nSPS) is 18.3. The number of aromatic nitrogens is 4. The van der Waals surface area contributed by atoms with Crippen LogP contribution in [0.2, 0.25) is 0 Å². The van der Waals surface area contributed by atoms with Gasteiger partial charge in [-0.2, -0.15) is 4.98 Å². The summed E-state index contributed by atoms with van der Waals surface area (Å²) in [5.74, 6) is -1.30. The van der Waals surface area contributed by atoms with Crippen LogP contribution in [0.1, 0.15) is 51.3 Å². The molecule has 0 unspecified atom stereocenters. The molecule has 9 nitrogen and oxygen atoms in total. The van der Waals surface area contributed by atoms with Crippen LogP contribution in [-0.2, 0) is 11.2 Å². The summed E-state index contributed by atoms with van der Waals surface area (Å²) in [6.07, 6.45) is 4.10. The number of carbonyl (C=O) groups excluding carboxylic acids is 1. The number of halogens is 2. The van der Waals surface area contributed by atoms with Crippen LogP contribution >= 0.6 is 0 Å². The van der Waals surface area contributed by atoms with Gasteiger partial charge in [0.25, 0.3) is 0 Å². The summed E-state index contributed by atoms with van der Waals surface area (Å²) >= 11 is 0. The number of rotatable bonds is 3. The monoisotopic (exact) mass is 599 g/mol. The van der Waals surface area contributed by atoms with E-state index in [0.29, 0.717) is 60.5 Å². The molecule has 6 rings (SSSR count). The number of pyridine rings is 2. The predicted octanol–water partition coefficient (Wildman–Crippen LogP) is 5.21. The van der Waals surface area contributed by atoms with E-state index in [0.717, 1.165) is 0 Å². The minimum absolute atomic E-state index is 0.0734. The summed E-state index contributed by atoms with van der Waals surface area (Å²) in [4.78, 5) is 44.2. The van der Waals surface area contributed by atoms with Crippen molar-refractivity contribution < 1.29 is 13.6 Å². The number of benzene rings is 1. The van der Waals surface area contributed by atoms with Gasteiger partial charge < -0.3 is 15.1 Å². The second kappa shape index (κ2) is 11.4. The van der Waals surface area contributed by atoms with Gasteiger partial charge in [-0.3, -0.25) is 9.78 Å². The number of fused-ring (bicyclic) bond motifs is 5. The third kappa shape index (κ3) is 4.89. The van der Waals surface area contributed by atoms with Gasteiger partial charge in [-0.25, -0.2) is 23.1 Å². The second-order valence-electron chi connectivity index (χ2n) is 11.8. The summed E-state index contributed by atoms with van der Waals surface area (Å²) in [5.41, 5.74) is 1.88. The second-order valence-corrected chi connectivity index (χ2v) is 11.8. The first-order valence-electron chi connectivity index (χ1n) is 14.9. The van der Waals surface area contributed by atoms with Crippen molar-refractivity contribution in [2.45, 2.75) is 58.5 Å². The lowest BCUT2D eigenvalue weighted by molar-refractivity contribution is -0.128. The number of anilines is 2. The molecule has 4 aromatic rings. The van der Waals surface area contributed by atoms with Crippen molar-refractivity contribution in [2.24, 2.45) is 0 Å². The number of amides is 1. The van der Waals surface area contributed by atoms with Crippen LogP contribution in [0.4, 0.5) is 20.3 Å². The molecule has 2 aliphatic rings. The molecule has 228 valence electrons. The Morgan fingerprint density at radius 3 is 2.66 bits per heavy atom. The number of nitrogens with zero attached hydrogens (tertiary/aromatic N) is 6. The van der Waals surface area contributed by atoms with Crippen LogP contribution in [0.3, 0.4) is 0 Å². The van der Waals surface area contributed by atoms with Gasteiger partial charge in [0.2, 0.25) is 5.91 Å². The highest BCUT2D eigenvalue weighted by Gasteiger charge is 2.34. The van der Waals surface area contributed by atoms with E-state index in [1.165, 1.54) is 22.8 Å². The lowest BCUT2D eigenvalue weighted by Crippen LogP contribution is -2.58. The Labute approximate surface area is 254 Å². The van der Waals surface area contributed by atoms with Crippen molar-refractivity contribution in [2.75, 3.05) is 29.9 Å². The third-order valence-electron chi connectivity index (χ3n) is 8.52. The summed E-state index contributed by atoms with van der Waals surface area (Å²) in [6.45, 7) is 12.6. The molecule has 0 aliphatic carbocycles. The zero-order chi connectivity index (χ0) is 31.3. The summed E-state index contributed by atoms with van der Waals surface area (Å²) in [7, 11) is 0. The van der Waals surface area contributed by atoms with E-state index < -0.39 is 17.3 Å². The highest BCUT2D eigenvalue weighted by molar-refractivity contribution is 5.92. The molecule has 2 aliphatic heterocycles. The lowest BCUT2D eigenvalue weighted by atomic mass is 9.98. The Balaban J connectivity index is 1.69. The molecule has 2 atom stereocenters.